The third-order valence-corrected chi connectivity index (χ3v) is 7.86. The van der Waals surface area contributed by atoms with Crippen molar-refractivity contribution >= 4 is 5.78 Å². The van der Waals surface area contributed by atoms with Gasteiger partial charge in [0.05, 0.1) is 30.4 Å². The molecule has 0 saturated heterocycles. The van der Waals surface area contributed by atoms with E-state index in [1.807, 2.05) is 10.6 Å². The molecule has 7 rings (SSSR count). The highest BCUT2D eigenvalue weighted by atomic mass is 19.1. The van der Waals surface area contributed by atoms with Crippen LogP contribution in [0.1, 0.15) is 50.1 Å². The third-order valence-electron chi connectivity index (χ3n) is 7.86. The molecule has 27 heavy (non-hydrogen) atoms. The van der Waals surface area contributed by atoms with E-state index in [1.165, 1.54) is 6.07 Å². The van der Waals surface area contributed by atoms with Crippen molar-refractivity contribution in [1.82, 2.24) is 9.55 Å². The number of aromatic nitrogens is 2. The van der Waals surface area contributed by atoms with Gasteiger partial charge in [0.25, 0.3) is 0 Å². The van der Waals surface area contributed by atoms with Gasteiger partial charge in [0.1, 0.15) is 11.6 Å². The van der Waals surface area contributed by atoms with Gasteiger partial charge < -0.3 is 9.67 Å². The highest BCUT2D eigenvalue weighted by Crippen LogP contribution is 2.61. The number of ketones is 1. The highest BCUT2D eigenvalue weighted by Gasteiger charge is 2.58. The van der Waals surface area contributed by atoms with E-state index < -0.39 is 6.10 Å². The summed E-state index contributed by atoms with van der Waals surface area (Å²) in [6, 6.07) is 4.94. The number of halogens is 1. The molecular weight excluding hydrogens is 343 g/mol. The molecule has 0 amide bonds. The minimum Gasteiger partial charge on any atom is -0.392 e. The van der Waals surface area contributed by atoms with Crippen molar-refractivity contribution in [2.24, 2.45) is 23.2 Å². The average molecular weight is 366 g/mol. The van der Waals surface area contributed by atoms with Gasteiger partial charge in [-0.25, -0.2) is 9.37 Å². The van der Waals surface area contributed by atoms with Crippen LogP contribution in [0.25, 0.3) is 11.3 Å². The number of hydrogen-bond donors (Lipinski definition) is 1. The summed E-state index contributed by atoms with van der Waals surface area (Å²) in [7, 11) is 0. The van der Waals surface area contributed by atoms with Crippen LogP contribution in [-0.2, 0) is 4.79 Å². The Labute approximate surface area is 157 Å². The zero-order valence-corrected chi connectivity index (χ0v) is 15.1. The molecule has 1 aromatic heterocycles. The van der Waals surface area contributed by atoms with Gasteiger partial charge >= 0.3 is 0 Å². The molecule has 4 unspecified atom stereocenters. The second kappa shape index (κ2) is 5.28. The van der Waals surface area contributed by atoms with E-state index in [9.17, 15) is 14.3 Å². The summed E-state index contributed by atoms with van der Waals surface area (Å²) in [5, 5.41) is 11.4. The predicted octanol–water partition coefficient (Wildman–Crippen LogP) is 3.74. The summed E-state index contributed by atoms with van der Waals surface area (Å²) in [5.74, 6) is 1.08. The van der Waals surface area contributed by atoms with Crippen LogP contribution >= 0.6 is 0 Å². The SMILES string of the molecule is O=C1C2CC3CC1CC(C(O)CC1c4c(F)cccc4-c4cncn41)(C3)C2. The first-order valence-electron chi connectivity index (χ1n) is 10.1. The summed E-state index contributed by atoms with van der Waals surface area (Å²) in [6.45, 7) is 0. The van der Waals surface area contributed by atoms with Gasteiger partial charge in [-0.2, -0.15) is 0 Å². The predicted molar refractivity (Wildman–Crippen MR) is 97.4 cm³/mol. The lowest BCUT2D eigenvalue weighted by atomic mass is 9.47. The first-order valence-corrected chi connectivity index (χ1v) is 10.1. The fraction of sp³-hybridized carbons (Fsp3) is 0.545. The summed E-state index contributed by atoms with van der Waals surface area (Å²) >= 11 is 0. The van der Waals surface area contributed by atoms with Gasteiger partial charge in [-0.1, -0.05) is 12.1 Å². The van der Waals surface area contributed by atoms with Gasteiger partial charge in [-0.15, -0.1) is 0 Å². The van der Waals surface area contributed by atoms with Crippen molar-refractivity contribution in [1.29, 1.82) is 0 Å². The monoisotopic (exact) mass is 366 g/mol. The van der Waals surface area contributed by atoms with Gasteiger partial charge in [-0.3, -0.25) is 4.79 Å². The van der Waals surface area contributed by atoms with Crippen molar-refractivity contribution < 1.29 is 14.3 Å². The van der Waals surface area contributed by atoms with E-state index in [0.717, 1.165) is 43.4 Å². The molecule has 4 fully saturated rings. The van der Waals surface area contributed by atoms with E-state index in [0.29, 0.717) is 23.7 Å². The first kappa shape index (κ1) is 16.0. The molecule has 5 heteroatoms. The summed E-state index contributed by atoms with van der Waals surface area (Å²) in [4.78, 5) is 16.7. The van der Waals surface area contributed by atoms with Crippen LogP contribution in [0.2, 0.25) is 0 Å². The minimum absolute atomic E-state index is 0.141. The molecule has 1 aromatic carbocycles. The lowest BCUT2D eigenvalue weighted by Gasteiger charge is -2.57. The Hall–Kier alpha value is -2.01. The molecule has 5 aliphatic rings. The Kier molecular flexibility index (Phi) is 3.13. The Bertz CT molecular complexity index is 934. The number of aliphatic hydroxyl groups is 1. The number of fused-ring (bicyclic) bond motifs is 3. The second-order valence-electron chi connectivity index (χ2n) is 9.26. The number of Topliss-reactive ketones (excluding diaryl/α,β-unsaturated/α-hetero) is 1. The zero-order valence-electron chi connectivity index (χ0n) is 15.1. The van der Waals surface area contributed by atoms with E-state index in [4.69, 9.17) is 0 Å². The van der Waals surface area contributed by atoms with Crippen molar-refractivity contribution in [3.05, 3.63) is 42.1 Å². The molecule has 2 aromatic rings. The normalized spacial score (nSPS) is 36.7. The van der Waals surface area contributed by atoms with E-state index >= 15 is 0 Å². The number of rotatable bonds is 3. The largest absolute Gasteiger partial charge is 0.392 e. The van der Waals surface area contributed by atoms with Crippen LogP contribution in [-0.4, -0.2) is 26.5 Å². The lowest BCUT2D eigenvalue weighted by Crippen LogP contribution is -2.56. The molecule has 0 spiro atoms. The van der Waals surface area contributed by atoms with Crippen LogP contribution in [0.3, 0.4) is 0 Å². The Morgan fingerprint density at radius 2 is 2.04 bits per heavy atom. The van der Waals surface area contributed by atoms with Crippen LogP contribution < -0.4 is 0 Å². The molecule has 140 valence electrons. The van der Waals surface area contributed by atoms with Crippen LogP contribution in [0.4, 0.5) is 4.39 Å². The average Bonchev–Trinajstić information content (AvgIpc) is 3.22. The highest BCUT2D eigenvalue weighted by molar-refractivity contribution is 5.85. The van der Waals surface area contributed by atoms with Gasteiger partial charge in [-0.05, 0) is 55.9 Å². The molecule has 4 nitrogen and oxygen atoms in total. The maximum Gasteiger partial charge on any atom is 0.139 e. The molecule has 4 bridgehead atoms. The van der Waals surface area contributed by atoms with Crippen LogP contribution in [0.5, 0.6) is 0 Å². The number of carbonyl (C=O) groups excluding carboxylic acids is 1. The summed E-state index contributed by atoms with van der Waals surface area (Å²) in [5.41, 5.74) is 2.31. The number of hydrogen-bond acceptors (Lipinski definition) is 3. The number of nitrogens with zero attached hydrogens (tertiary/aromatic N) is 2. The zero-order chi connectivity index (χ0) is 18.3. The third kappa shape index (κ3) is 2.06. The van der Waals surface area contributed by atoms with E-state index in [-0.39, 0.29) is 29.1 Å². The Morgan fingerprint density at radius 1 is 1.26 bits per heavy atom. The maximum atomic E-state index is 14.7. The first-order chi connectivity index (χ1) is 13.1. The maximum absolute atomic E-state index is 14.7. The van der Waals surface area contributed by atoms with Crippen LogP contribution in [0, 0.1) is 29.0 Å². The molecule has 2 heterocycles. The van der Waals surface area contributed by atoms with E-state index in [1.54, 1.807) is 18.6 Å². The Morgan fingerprint density at radius 3 is 2.81 bits per heavy atom. The number of aliphatic hydroxyl groups excluding tert-OH is 1. The van der Waals surface area contributed by atoms with Gasteiger partial charge in [0, 0.05) is 23.0 Å². The topological polar surface area (TPSA) is 55.1 Å². The minimum atomic E-state index is -0.524. The van der Waals surface area contributed by atoms with Crippen molar-refractivity contribution in [3.8, 4) is 11.3 Å². The number of carbonyl (C=O) groups is 1. The molecule has 1 aliphatic heterocycles. The van der Waals surface area contributed by atoms with Gasteiger partial charge in [0.15, 0.2) is 0 Å². The quantitative estimate of drug-likeness (QED) is 0.900. The summed E-state index contributed by atoms with van der Waals surface area (Å²) < 4.78 is 16.7. The molecular formula is C22H23FN2O2. The number of benzene rings is 1. The fourth-order valence-electron chi connectivity index (χ4n) is 6.91. The van der Waals surface area contributed by atoms with Crippen molar-refractivity contribution in [2.45, 2.75) is 50.7 Å². The molecule has 0 radical (unpaired) electrons. The Balaban J connectivity index is 1.35. The molecule has 4 saturated carbocycles. The van der Waals surface area contributed by atoms with Gasteiger partial charge in [0.2, 0.25) is 0 Å². The summed E-state index contributed by atoms with van der Waals surface area (Å²) in [6.07, 6.45) is 8.14. The van der Waals surface area contributed by atoms with Crippen molar-refractivity contribution in [3.63, 3.8) is 0 Å². The fourth-order valence-corrected chi connectivity index (χ4v) is 6.91. The molecule has 4 atom stereocenters. The van der Waals surface area contributed by atoms with Crippen LogP contribution in [0.15, 0.2) is 30.7 Å². The molecule has 1 N–H and O–H groups in total. The lowest BCUT2D eigenvalue weighted by molar-refractivity contribution is -0.160. The molecule has 4 aliphatic carbocycles. The van der Waals surface area contributed by atoms with Crippen molar-refractivity contribution in [2.75, 3.05) is 0 Å². The second-order valence-corrected chi connectivity index (χ2v) is 9.26. The smallest absolute Gasteiger partial charge is 0.139 e. The standard InChI is InChI=1S/C22H23FN2O2/c23-16-3-1-2-15-18-10-24-11-25(18)17(20(15)16)6-19(26)22-7-12-4-13(8-22)21(27)14(5-12)9-22/h1-3,10-14,17,19,26H,4-9H2. The number of imidazole rings is 1. The van der Waals surface area contributed by atoms with E-state index in [2.05, 4.69) is 4.98 Å².